The van der Waals surface area contributed by atoms with Gasteiger partial charge in [0, 0.05) is 14.1 Å². The van der Waals surface area contributed by atoms with Gasteiger partial charge in [-0.15, -0.1) is 10.2 Å². The standard InChI is InChI=1S/C25H33N7O5.CH4/c1-25(2,26)23(34)28-19(16-36-14-17-9-6-5-7-10-17)22-30-29-20-12-8-11-18(32(20)22)15-37-24(35)27-13-21(33)31(3)4;/h5-12,19H,13-16,26H2,1-4H3,(H,27,35)(H,28,34);1H4/t19-;/m1./s1. The second-order valence-corrected chi connectivity index (χ2v) is 9.24. The molecule has 12 heteroatoms. The van der Waals surface area contributed by atoms with Crippen LogP contribution in [0.1, 0.15) is 44.4 Å². The SMILES string of the molecule is C.CN(C)C(=O)CNC(=O)OCc1cccc2nnc([C@@H](COCc3ccccc3)NC(=O)C(C)(C)N)n12. The maximum Gasteiger partial charge on any atom is 0.407 e. The number of ether oxygens (including phenoxy) is 2. The van der Waals surface area contributed by atoms with E-state index >= 15 is 0 Å². The average molecular weight is 528 g/mol. The maximum atomic E-state index is 12.8. The highest BCUT2D eigenvalue weighted by atomic mass is 16.5. The normalized spacial score (nSPS) is 11.8. The molecule has 0 aliphatic heterocycles. The molecule has 1 atom stereocenters. The molecule has 0 saturated carbocycles. The van der Waals surface area contributed by atoms with Crippen LogP contribution < -0.4 is 16.4 Å². The minimum Gasteiger partial charge on any atom is -0.443 e. The van der Waals surface area contributed by atoms with Crippen LogP contribution in [0, 0.1) is 0 Å². The lowest BCUT2D eigenvalue weighted by Gasteiger charge is -2.24. The topological polar surface area (TPSA) is 153 Å². The number of amides is 3. The summed E-state index contributed by atoms with van der Waals surface area (Å²) in [6, 6.07) is 14.2. The van der Waals surface area contributed by atoms with E-state index in [1.807, 2.05) is 30.3 Å². The zero-order valence-corrected chi connectivity index (χ0v) is 21.4. The Balaban J connectivity index is 0.00000507. The largest absolute Gasteiger partial charge is 0.443 e. The summed E-state index contributed by atoms with van der Waals surface area (Å²) in [5, 5.41) is 13.8. The van der Waals surface area contributed by atoms with Crippen LogP contribution in [-0.2, 0) is 32.3 Å². The molecule has 0 radical (unpaired) electrons. The number of nitrogens with two attached hydrogens (primary N) is 1. The van der Waals surface area contributed by atoms with Crippen LogP contribution >= 0.6 is 0 Å². The molecule has 0 saturated heterocycles. The molecule has 0 aliphatic carbocycles. The first kappa shape index (κ1) is 30.2. The van der Waals surface area contributed by atoms with Crippen LogP contribution in [0.5, 0.6) is 0 Å². The highest BCUT2D eigenvalue weighted by Gasteiger charge is 2.28. The van der Waals surface area contributed by atoms with Gasteiger partial charge < -0.3 is 30.7 Å². The minimum atomic E-state index is -1.13. The molecular weight excluding hydrogens is 490 g/mol. The van der Waals surface area contributed by atoms with Crippen molar-refractivity contribution >= 4 is 23.6 Å². The number of rotatable bonds is 11. The minimum absolute atomic E-state index is 0. The first-order valence-corrected chi connectivity index (χ1v) is 11.7. The number of hydrogen-bond acceptors (Lipinski definition) is 8. The molecule has 0 bridgehead atoms. The van der Waals surface area contributed by atoms with Gasteiger partial charge in [-0.1, -0.05) is 43.8 Å². The number of benzene rings is 1. The summed E-state index contributed by atoms with van der Waals surface area (Å²) in [6.45, 7) is 3.32. The Hall–Kier alpha value is -4.03. The fourth-order valence-electron chi connectivity index (χ4n) is 3.26. The molecular formula is C26H37N7O5. The Kier molecular flexibility index (Phi) is 10.7. The number of aromatic nitrogens is 3. The van der Waals surface area contributed by atoms with E-state index in [0.717, 1.165) is 5.56 Å². The Bertz CT molecular complexity index is 1220. The van der Waals surface area contributed by atoms with Crippen molar-refractivity contribution in [1.82, 2.24) is 30.1 Å². The smallest absolute Gasteiger partial charge is 0.407 e. The van der Waals surface area contributed by atoms with Gasteiger partial charge in [-0.2, -0.15) is 0 Å². The summed E-state index contributed by atoms with van der Waals surface area (Å²) in [7, 11) is 3.18. The maximum absolute atomic E-state index is 12.8. The van der Waals surface area contributed by atoms with E-state index in [2.05, 4.69) is 20.8 Å². The van der Waals surface area contributed by atoms with Gasteiger partial charge >= 0.3 is 6.09 Å². The third-order valence-corrected chi connectivity index (χ3v) is 5.37. The van der Waals surface area contributed by atoms with E-state index in [1.54, 1.807) is 50.5 Å². The molecule has 3 rings (SSSR count). The van der Waals surface area contributed by atoms with Gasteiger partial charge in [0.25, 0.3) is 0 Å². The van der Waals surface area contributed by atoms with E-state index < -0.39 is 23.6 Å². The van der Waals surface area contributed by atoms with E-state index in [0.29, 0.717) is 23.8 Å². The van der Waals surface area contributed by atoms with E-state index in [4.69, 9.17) is 15.2 Å². The van der Waals surface area contributed by atoms with E-state index in [1.165, 1.54) is 4.90 Å². The summed E-state index contributed by atoms with van der Waals surface area (Å²) in [5.74, 6) is -0.267. The van der Waals surface area contributed by atoms with Crippen LogP contribution in [0.4, 0.5) is 4.79 Å². The second-order valence-electron chi connectivity index (χ2n) is 9.24. The summed E-state index contributed by atoms with van der Waals surface area (Å²) in [4.78, 5) is 37.9. The predicted octanol–water partition coefficient (Wildman–Crippen LogP) is 1.79. The number of nitrogens with zero attached hydrogens (tertiary/aromatic N) is 4. The zero-order valence-electron chi connectivity index (χ0n) is 21.4. The number of likely N-dealkylation sites (N-methyl/N-ethyl adjacent to an activating group) is 1. The number of carbonyl (C=O) groups excluding carboxylic acids is 3. The Labute approximate surface area is 222 Å². The molecule has 1 aromatic carbocycles. The van der Waals surface area contributed by atoms with Crippen molar-refractivity contribution in [2.75, 3.05) is 27.2 Å². The monoisotopic (exact) mass is 527 g/mol. The van der Waals surface area contributed by atoms with Crippen molar-refractivity contribution in [2.24, 2.45) is 5.73 Å². The third-order valence-electron chi connectivity index (χ3n) is 5.37. The molecule has 0 fully saturated rings. The van der Waals surface area contributed by atoms with Gasteiger partial charge in [-0.25, -0.2) is 4.79 Å². The fraction of sp³-hybridized carbons (Fsp3) is 0.423. The van der Waals surface area contributed by atoms with Crippen molar-refractivity contribution in [1.29, 1.82) is 0 Å². The van der Waals surface area contributed by atoms with Gasteiger partial charge in [-0.05, 0) is 31.5 Å². The molecule has 38 heavy (non-hydrogen) atoms. The van der Waals surface area contributed by atoms with Crippen molar-refractivity contribution in [3.05, 3.63) is 65.6 Å². The Morgan fingerprint density at radius 3 is 2.42 bits per heavy atom. The van der Waals surface area contributed by atoms with Crippen molar-refractivity contribution in [2.45, 2.75) is 46.1 Å². The number of nitrogens with one attached hydrogen (secondary N) is 2. The van der Waals surface area contributed by atoms with Gasteiger partial charge in [0.15, 0.2) is 11.5 Å². The van der Waals surface area contributed by atoms with Crippen molar-refractivity contribution in [3.8, 4) is 0 Å². The molecule has 12 nitrogen and oxygen atoms in total. The lowest BCUT2D eigenvalue weighted by molar-refractivity contribution is -0.128. The second kappa shape index (κ2) is 13.5. The summed E-state index contributed by atoms with van der Waals surface area (Å²) in [5.41, 5.74) is 6.90. The lowest BCUT2D eigenvalue weighted by Crippen LogP contribution is -2.51. The molecule has 3 aromatic rings. The summed E-state index contributed by atoms with van der Waals surface area (Å²) >= 11 is 0. The number of hydrogen-bond donors (Lipinski definition) is 3. The zero-order chi connectivity index (χ0) is 27.0. The number of carbonyl (C=O) groups is 3. The first-order valence-electron chi connectivity index (χ1n) is 11.7. The van der Waals surface area contributed by atoms with Gasteiger partial charge in [0.05, 0.1) is 24.4 Å². The van der Waals surface area contributed by atoms with Crippen LogP contribution in [0.3, 0.4) is 0 Å². The first-order chi connectivity index (χ1) is 17.6. The highest BCUT2D eigenvalue weighted by molar-refractivity contribution is 5.85. The van der Waals surface area contributed by atoms with Gasteiger partial charge in [0.1, 0.15) is 19.2 Å². The van der Waals surface area contributed by atoms with Crippen LogP contribution in [0.2, 0.25) is 0 Å². The van der Waals surface area contributed by atoms with Crippen molar-refractivity contribution in [3.63, 3.8) is 0 Å². The quantitative estimate of drug-likeness (QED) is 0.341. The van der Waals surface area contributed by atoms with E-state index in [-0.39, 0.29) is 33.1 Å². The van der Waals surface area contributed by atoms with Gasteiger partial charge in [-0.3, -0.25) is 14.0 Å². The predicted molar refractivity (Wildman–Crippen MR) is 142 cm³/mol. The average Bonchev–Trinajstić information content (AvgIpc) is 3.30. The molecule has 0 aliphatic rings. The Morgan fingerprint density at radius 2 is 1.76 bits per heavy atom. The van der Waals surface area contributed by atoms with Gasteiger partial charge in [0.2, 0.25) is 11.8 Å². The fourth-order valence-corrected chi connectivity index (χ4v) is 3.26. The van der Waals surface area contributed by atoms with Crippen molar-refractivity contribution < 1.29 is 23.9 Å². The molecule has 4 N–H and O–H groups in total. The molecule has 2 heterocycles. The van der Waals surface area contributed by atoms with Crippen LogP contribution in [0.25, 0.3) is 5.65 Å². The highest BCUT2D eigenvalue weighted by Crippen LogP contribution is 2.18. The number of fused-ring (bicyclic) bond motifs is 1. The van der Waals surface area contributed by atoms with E-state index in [9.17, 15) is 14.4 Å². The number of pyridine rings is 1. The summed E-state index contributed by atoms with van der Waals surface area (Å²) < 4.78 is 12.9. The molecule has 3 amide bonds. The van der Waals surface area contributed by atoms with Crippen LogP contribution in [0.15, 0.2) is 48.5 Å². The third kappa shape index (κ3) is 8.25. The summed E-state index contributed by atoms with van der Waals surface area (Å²) in [6.07, 6.45) is -0.747. The number of alkyl carbamates (subject to hydrolysis) is 1. The Morgan fingerprint density at radius 1 is 1.05 bits per heavy atom. The molecule has 0 spiro atoms. The molecule has 2 aromatic heterocycles. The molecule has 206 valence electrons. The molecule has 0 unspecified atom stereocenters. The lowest BCUT2D eigenvalue weighted by atomic mass is 10.1. The van der Waals surface area contributed by atoms with Crippen LogP contribution in [-0.4, -0.2) is 70.2 Å².